The fraction of sp³-hybridized carbons (Fsp3) is 0.250. The molecular weight excluding hydrogens is 351 g/mol. The molecule has 0 saturated carbocycles. The van der Waals surface area contributed by atoms with Crippen molar-refractivity contribution in [3.63, 3.8) is 0 Å². The van der Waals surface area contributed by atoms with E-state index >= 15 is 0 Å². The molecule has 0 fully saturated rings. The molecule has 2 rings (SSSR count). The summed E-state index contributed by atoms with van der Waals surface area (Å²) >= 11 is 2.25. The van der Waals surface area contributed by atoms with Gasteiger partial charge in [0.1, 0.15) is 11.4 Å². The standard InChI is InChI=1S/C16H17IO2/c1-3-19-15-7-5-4-6-14(15)16(2,18)12-8-10-13(17)11-9-12/h4-11,18H,3H2,1-2H3. The van der Waals surface area contributed by atoms with Crippen LogP contribution in [-0.4, -0.2) is 11.7 Å². The first-order valence-electron chi connectivity index (χ1n) is 6.26. The number of aliphatic hydroxyl groups is 1. The minimum atomic E-state index is -1.06. The van der Waals surface area contributed by atoms with Crippen molar-refractivity contribution in [1.82, 2.24) is 0 Å². The van der Waals surface area contributed by atoms with Crippen LogP contribution in [0, 0.1) is 3.57 Å². The van der Waals surface area contributed by atoms with Gasteiger partial charge in [-0.15, -0.1) is 0 Å². The summed E-state index contributed by atoms with van der Waals surface area (Å²) in [5.74, 6) is 0.730. The van der Waals surface area contributed by atoms with Gasteiger partial charge in [0.25, 0.3) is 0 Å². The molecule has 0 bridgehead atoms. The van der Waals surface area contributed by atoms with E-state index in [0.717, 1.165) is 20.4 Å². The number of para-hydroxylation sites is 1. The maximum absolute atomic E-state index is 10.9. The lowest BCUT2D eigenvalue weighted by Gasteiger charge is -2.26. The van der Waals surface area contributed by atoms with E-state index in [9.17, 15) is 5.11 Å². The predicted octanol–water partition coefficient (Wildman–Crippen LogP) is 3.95. The van der Waals surface area contributed by atoms with Crippen molar-refractivity contribution < 1.29 is 9.84 Å². The van der Waals surface area contributed by atoms with Gasteiger partial charge in [0.05, 0.1) is 6.61 Å². The summed E-state index contributed by atoms with van der Waals surface area (Å²) in [6, 6.07) is 15.5. The molecule has 0 heterocycles. The summed E-state index contributed by atoms with van der Waals surface area (Å²) in [5, 5.41) is 10.9. The highest BCUT2D eigenvalue weighted by atomic mass is 127. The molecule has 0 saturated heterocycles. The fourth-order valence-electron chi connectivity index (χ4n) is 2.08. The Morgan fingerprint density at radius 1 is 1.11 bits per heavy atom. The third-order valence-corrected chi connectivity index (χ3v) is 3.84. The zero-order valence-electron chi connectivity index (χ0n) is 11.1. The Balaban J connectivity index is 2.46. The third-order valence-electron chi connectivity index (χ3n) is 3.12. The second-order valence-corrected chi connectivity index (χ2v) is 5.75. The maximum atomic E-state index is 10.9. The molecule has 3 heteroatoms. The summed E-state index contributed by atoms with van der Waals surface area (Å²) in [7, 11) is 0. The minimum absolute atomic E-state index is 0.583. The van der Waals surface area contributed by atoms with Crippen molar-refractivity contribution in [2.75, 3.05) is 6.61 Å². The van der Waals surface area contributed by atoms with Gasteiger partial charge in [0, 0.05) is 9.13 Å². The highest BCUT2D eigenvalue weighted by Crippen LogP contribution is 2.35. The molecule has 1 atom stereocenters. The quantitative estimate of drug-likeness (QED) is 0.829. The van der Waals surface area contributed by atoms with Gasteiger partial charge in [-0.25, -0.2) is 0 Å². The zero-order valence-corrected chi connectivity index (χ0v) is 13.2. The van der Waals surface area contributed by atoms with E-state index in [1.807, 2.05) is 55.5 Å². The van der Waals surface area contributed by atoms with Crippen LogP contribution < -0.4 is 4.74 Å². The number of benzene rings is 2. The van der Waals surface area contributed by atoms with Crippen molar-refractivity contribution in [1.29, 1.82) is 0 Å². The smallest absolute Gasteiger partial charge is 0.125 e. The van der Waals surface area contributed by atoms with Crippen LogP contribution in [0.15, 0.2) is 48.5 Å². The average Bonchev–Trinajstić information content (AvgIpc) is 2.40. The van der Waals surface area contributed by atoms with E-state index in [2.05, 4.69) is 22.6 Å². The van der Waals surface area contributed by atoms with Gasteiger partial charge in [0.2, 0.25) is 0 Å². The molecular formula is C16H17IO2. The predicted molar refractivity (Wildman–Crippen MR) is 85.4 cm³/mol. The van der Waals surface area contributed by atoms with Crippen molar-refractivity contribution in [2.45, 2.75) is 19.4 Å². The van der Waals surface area contributed by atoms with Gasteiger partial charge in [-0.05, 0) is 60.2 Å². The third kappa shape index (κ3) is 3.09. The van der Waals surface area contributed by atoms with Crippen molar-refractivity contribution in [2.24, 2.45) is 0 Å². The van der Waals surface area contributed by atoms with Gasteiger partial charge in [-0.1, -0.05) is 30.3 Å². The molecule has 0 aliphatic rings. The largest absolute Gasteiger partial charge is 0.493 e. The number of rotatable bonds is 4. The first-order valence-corrected chi connectivity index (χ1v) is 7.34. The Bertz CT molecular complexity index is 547. The first kappa shape index (κ1) is 14.3. The van der Waals surface area contributed by atoms with Gasteiger partial charge in [-0.3, -0.25) is 0 Å². The van der Waals surface area contributed by atoms with Crippen molar-refractivity contribution in [3.8, 4) is 5.75 Å². The van der Waals surface area contributed by atoms with Crippen LogP contribution in [-0.2, 0) is 5.60 Å². The highest BCUT2D eigenvalue weighted by Gasteiger charge is 2.28. The van der Waals surface area contributed by atoms with Gasteiger partial charge in [0.15, 0.2) is 0 Å². The molecule has 2 aromatic rings. The topological polar surface area (TPSA) is 29.5 Å². The molecule has 19 heavy (non-hydrogen) atoms. The van der Waals surface area contributed by atoms with E-state index in [4.69, 9.17) is 4.74 Å². The Morgan fingerprint density at radius 3 is 2.37 bits per heavy atom. The van der Waals surface area contributed by atoms with E-state index in [1.54, 1.807) is 6.92 Å². The van der Waals surface area contributed by atoms with Crippen LogP contribution >= 0.6 is 22.6 Å². The van der Waals surface area contributed by atoms with Crippen LogP contribution in [0.3, 0.4) is 0 Å². The number of hydrogen-bond donors (Lipinski definition) is 1. The van der Waals surface area contributed by atoms with E-state index in [1.165, 1.54) is 0 Å². The van der Waals surface area contributed by atoms with Gasteiger partial charge in [-0.2, -0.15) is 0 Å². The summed E-state index contributed by atoms with van der Waals surface area (Å²) in [6.07, 6.45) is 0. The molecule has 0 radical (unpaired) electrons. The summed E-state index contributed by atoms with van der Waals surface area (Å²) in [5.41, 5.74) is 0.592. The monoisotopic (exact) mass is 368 g/mol. The molecule has 1 unspecified atom stereocenters. The second kappa shape index (κ2) is 5.92. The Kier molecular flexibility index (Phi) is 4.47. The Morgan fingerprint density at radius 2 is 1.74 bits per heavy atom. The van der Waals surface area contributed by atoms with Crippen LogP contribution in [0.5, 0.6) is 5.75 Å². The van der Waals surface area contributed by atoms with Gasteiger partial charge >= 0.3 is 0 Å². The lowest BCUT2D eigenvalue weighted by Crippen LogP contribution is -2.23. The average molecular weight is 368 g/mol. The number of halogens is 1. The van der Waals surface area contributed by atoms with E-state index in [-0.39, 0.29) is 0 Å². The summed E-state index contributed by atoms with van der Waals surface area (Å²) < 4.78 is 6.76. The zero-order chi connectivity index (χ0) is 13.9. The van der Waals surface area contributed by atoms with Crippen molar-refractivity contribution in [3.05, 3.63) is 63.2 Å². The highest BCUT2D eigenvalue weighted by molar-refractivity contribution is 14.1. The van der Waals surface area contributed by atoms with Crippen LogP contribution in [0.2, 0.25) is 0 Å². The maximum Gasteiger partial charge on any atom is 0.125 e. The molecule has 100 valence electrons. The molecule has 0 spiro atoms. The Labute approximate surface area is 127 Å². The fourth-order valence-corrected chi connectivity index (χ4v) is 2.44. The van der Waals surface area contributed by atoms with Gasteiger partial charge < -0.3 is 9.84 Å². The first-order chi connectivity index (χ1) is 9.05. The van der Waals surface area contributed by atoms with Crippen LogP contribution in [0.4, 0.5) is 0 Å². The molecule has 1 N–H and O–H groups in total. The lowest BCUT2D eigenvalue weighted by atomic mass is 9.87. The molecule has 0 amide bonds. The van der Waals surface area contributed by atoms with Crippen LogP contribution in [0.25, 0.3) is 0 Å². The molecule has 0 aromatic heterocycles. The molecule has 0 aliphatic heterocycles. The normalized spacial score (nSPS) is 13.9. The summed E-state index contributed by atoms with van der Waals surface area (Å²) in [4.78, 5) is 0. The van der Waals surface area contributed by atoms with Crippen LogP contribution in [0.1, 0.15) is 25.0 Å². The number of hydrogen-bond acceptors (Lipinski definition) is 2. The second-order valence-electron chi connectivity index (χ2n) is 4.51. The van der Waals surface area contributed by atoms with E-state index < -0.39 is 5.60 Å². The minimum Gasteiger partial charge on any atom is -0.493 e. The Hall–Kier alpha value is -1.07. The lowest BCUT2D eigenvalue weighted by molar-refractivity contribution is 0.0981. The van der Waals surface area contributed by atoms with E-state index in [0.29, 0.717) is 6.61 Å². The summed E-state index contributed by atoms with van der Waals surface area (Å²) in [6.45, 7) is 4.32. The number of ether oxygens (including phenoxy) is 1. The SMILES string of the molecule is CCOc1ccccc1C(C)(O)c1ccc(I)cc1. The van der Waals surface area contributed by atoms with Crippen molar-refractivity contribution >= 4 is 22.6 Å². The molecule has 2 nitrogen and oxygen atoms in total. The molecule has 2 aromatic carbocycles. The molecule has 0 aliphatic carbocycles.